The molecule has 0 atom stereocenters. The molecule has 1 heterocycles. The number of hydrogen-bond acceptors (Lipinski definition) is 4. The summed E-state index contributed by atoms with van der Waals surface area (Å²) >= 11 is 3.21. The van der Waals surface area contributed by atoms with E-state index in [1.165, 1.54) is 18.2 Å². The molecule has 0 unspecified atom stereocenters. The topological polar surface area (TPSA) is 92.7 Å². The Hall–Kier alpha value is -2.67. The highest BCUT2D eigenvalue weighted by Gasteiger charge is 2.32. The normalized spacial score (nSPS) is 15.0. The van der Waals surface area contributed by atoms with Crippen molar-refractivity contribution in [1.29, 1.82) is 0 Å². The van der Waals surface area contributed by atoms with Crippen LogP contribution in [-0.2, 0) is 0 Å². The molecule has 0 spiro atoms. The highest BCUT2D eigenvalue weighted by molar-refractivity contribution is 9.10. The summed E-state index contributed by atoms with van der Waals surface area (Å²) in [5.41, 5.74) is 0.159. The quantitative estimate of drug-likeness (QED) is 0.782. The first kappa shape index (κ1) is 18.1. The van der Waals surface area contributed by atoms with Gasteiger partial charge in [0.25, 0.3) is 5.91 Å². The SMILES string of the molecule is CC1(C)CC(=O)c2cc(C(=O)Nc3ccc(Br)cc3C(=O)O)ccc2O1. The molecule has 7 heteroatoms. The smallest absolute Gasteiger partial charge is 0.337 e. The number of carboxylic acid groups (broad SMARTS) is 1. The standard InChI is InChI=1S/C19H16BrNO5/c1-19(2)9-15(22)13-7-10(3-6-16(13)26-19)17(23)21-14-5-4-11(20)8-12(14)18(24)25/h3-8H,9H2,1-2H3,(H,21,23)(H,24,25). The minimum atomic E-state index is -1.15. The molecule has 0 aromatic heterocycles. The molecule has 1 aliphatic rings. The van der Waals surface area contributed by atoms with Crippen LogP contribution in [0.25, 0.3) is 0 Å². The first-order valence-corrected chi connectivity index (χ1v) is 8.66. The fourth-order valence-corrected chi connectivity index (χ4v) is 3.15. The van der Waals surface area contributed by atoms with Crippen molar-refractivity contribution in [3.8, 4) is 5.75 Å². The molecule has 0 fully saturated rings. The Balaban J connectivity index is 1.90. The number of nitrogens with one attached hydrogen (secondary N) is 1. The maximum absolute atomic E-state index is 12.5. The molecule has 134 valence electrons. The van der Waals surface area contributed by atoms with E-state index < -0.39 is 17.5 Å². The molecule has 3 rings (SSSR count). The summed E-state index contributed by atoms with van der Waals surface area (Å²) in [7, 11) is 0. The summed E-state index contributed by atoms with van der Waals surface area (Å²) in [6.07, 6.45) is 0.223. The lowest BCUT2D eigenvalue weighted by Gasteiger charge is -2.31. The molecule has 26 heavy (non-hydrogen) atoms. The van der Waals surface area contributed by atoms with Crippen LogP contribution in [0.15, 0.2) is 40.9 Å². The van der Waals surface area contributed by atoms with Gasteiger partial charge in [0.15, 0.2) is 5.78 Å². The number of ether oxygens (including phenoxy) is 1. The third kappa shape index (κ3) is 3.62. The maximum Gasteiger partial charge on any atom is 0.337 e. The molecule has 1 aliphatic heterocycles. The first-order valence-electron chi connectivity index (χ1n) is 7.87. The van der Waals surface area contributed by atoms with E-state index in [0.717, 1.165) is 0 Å². The third-order valence-corrected chi connectivity index (χ3v) is 4.47. The fraction of sp³-hybridized carbons (Fsp3) is 0.211. The summed E-state index contributed by atoms with van der Waals surface area (Å²) in [5, 5.41) is 11.9. The molecule has 0 saturated carbocycles. The van der Waals surface area contributed by atoms with E-state index in [4.69, 9.17) is 4.74 Å². The average Bonchev–Trinajstić information content (AvgIpc) is 2.55. The lowest BCUT2D eigenvalue weighted by molar-refractivity contribution is 0.0618. The minimum Gasteiger partial charge on any atom is -0.487 e. The zero-order chi connectivity index (χ0) is 19.1. The van der Waals surface area contributed by atoms with Crippen molar-refractivity contribution in [3.63, 3.8) is 0 Å². The Kier molecular flexibility index (Phi) is 4.58. The van der Waals surface area contributed by atoms with E-state index in [9.17, 15) is 19.5 Å². The van der Waals surface area contributed by atoms with Crippen LogP contribution in [0.2, 0.25) is 0 Å². The zero-order valence-corrected chi connectivity index (χ0v) is 15.7. The van der Waals surface area contributed by atoms with E-state index in [2.05, 4.69) is 21.2 Å². The van der Waals surface area contributed by atoms with E-state index in [0.29, 0.717) is 15.8 Å². The summed E-state index contributed by atoms with van der Waals surface area (Å²) in [6, 6.07) is 9.14. The van der Waals surface area contributed by atoms with Crippen molar-refractivity contribution in [1.82, 2.24) is 0 Å². The number of benzene rings is 2. The number of carbonyl (C=O) groups is 3. The predicted octanol–water partition coefficient (Wildman–Crippen LogP) is 4.14. The summed E-state index contributed by atoms with van der Waals surface area (Å²) in [4.78, 5) is 36.2. The van der Waals surface area contributed by atoms with Crippen LogP contribution < -0.4 is 10.1 Å². The van der Waals surface area contributed by atoms with E-state index in [-0.39, 0.29) is 29.0 Å². The second-order valence-corrected chi connectivity index (χ2v) is 7.54. The number of fused-ring (bicyclic) bond motifs is 1. The van der Waals surface area contributed by atoms with Gasteiger partial charge in [-0.3, -0.25) is 9.59 Å². The van der Waals surface area contributed by atoms with Gasteiger partial charge in [-0.05, 0) is 50.2 Å². The van der Waals surface area contributed by atoms with Crippen LogP contribution >= 0.6 is 15.9 Å². The van der Waals surface area contributed by atoms with Gasteiger partial charge in [0, 0.05) is 10.0 Å². The largest absolute Gasteiger partial charge is 0.487 e. The Labute approximate surface area is 158 Å². The number of rotatable bonds is 3. The highest BCUT2D eigenvalue weighted by Crippen LogP contribution is 2.33. The number of aromatic carboxylic acids is 1. The minimum absolute atomic E-state index is 0.0353. The number of carboxylic acids is 1. The lowest BCUT2D eigenvalue weighted by atomic mass is 9.92. The molecule has 0 radical (unpaired) electrons. The molecule has 2 aromatic carbocycles. The van der Waals surface area contributed by atoms with Gasteiger partial charge in [0.2, 0.25) is 0 Å². The maximum atomic E-state index is 12.5. The summed E-state index contributed by atoms with van der Waals surface area (Å²) in [6.45, 7) is 3.66. The number of hydrogen-bond donors (Lipinski definition) is 2. The van der Waals surface area contributed by atoms with Crippen molar-refractivity contribution in [2.75, 3.05) is 5.32 Å². The Morgan fingerprint density at radius 3 is 2.62 bits per heavy atom. The second kappa shape index (κ2) is 6.57. The van der Waals surface area contributed by atoms with Gasteiger partial charge in [0.1, 0.15) is 11.4 Å². The molecule has 0 aliphatic carbocycles. The van der Waals surface area contributed by atoms with Crippen LogP contribution in [-0.4, -0.2) is 28.4 Å². The van der Waals surface area contributed by atoms with Crippen molar-refractivity contribution < 1.29 is 24.2 Å². The number of anilines is 1. The molecular weight excluding hydrogens is 402 g/mol. The molecular formula is C19H16BrNO5. The summed E-state index contributed by atoms with van der Waals surface area (Å²) in [5.74, 6) is -1.31. The second-order valence-electron chi connectivity index (χ2n) is 6.62. The van der Waals surface area contributed by atoms with Gasteiger partial charge in [-0.2, -0.15) is 0 Å². The Morgan fingerprint density at radius 1 is 1.19 bits per heavy atom. The van der Waals surface area contributed by atoms with Gasteiger partial charge in [-0.25, -0.2) is 4.79 Å². The zero-order valence-electron chi connectivity index (χ0n) is 14.1. The average molecular weight is 418 g/mol. The Bertz CT molecular complexity index is 936. The number of halogens is 1. The van der Waals surface area contributed by atoms with E-state index in [1.54, 1.807) is 18.2 Å². The van der Waals surface area contributed by atoms with E-state index in [1.807, 2.05) is 13.8 Å². The van der Waals surface area contributed by atoms with Gasteiger partial charge in [0.05, 0.1) is 23.2 Å². The Morgan fingerprint density at radius 2 is 1.92 bits per heavy atom. The number of amides is 1. The first-order chi connectivity index (χ1) is 12.2. The van der Waals surface area contributed by atoms with Crippen LogP contribution in [0.3, 0.4) is 0 Å². The molecule has 1 amide bonds. The van der Waals surface area contributed by atoms with Crippen molar-refractivity contribution in [2.24, 2.45) is 0 Å². The van der Waals surface area contributed by atoms with E-state index >= 15 is 0 Å². The molecule has 6 nitrogen and oxygen atoms in total. The number of ketones is 1. The molecule has 2 aromatic rings. The monoisotopic (exact) mass is 417 g/mol. The predicted molar refractivity (Wildman–Crippen MR) is 99.2 cm³/mol. The summed E-state index contributed by atoms with van der Waals surface area (Å²) < 4.78 is 6.36. The molecule has 2 N–H and O–H groups in total. The fourth-order valence-electron chi connectivity index (χ4n) is 2.79. The van der Waals surface area contributed by atoms with Crippen LogP contribution in [0, 0.1) is 0 Å². The molecule has 0 saturated heterocycles. The van der Waals surface area contributed by atoms with Crippen LogP contribution in [0.1, 0.15) is 51.3 Å². The third-order valence-electron chi connectivity index (χ3n) is 3.97. The lowest BCUT2D eigenvalue weighted by Crippen LogP contribution is -2.36. The van der Waals surface area contributed by atoms with Gasteiger partial charge < -0.3 is 15.2 Å². The number of Topliss-reactive ketones (excluding diaryl/α,β-unsaturated/α-hetero) is 1. The van der Waals surface area contributed by atoms with Crippen LogP contribution in [0.4, 0.5) is 5.69 Å². The molecule has 0 bridgehead atoms. The van der Waals surface area contributed by atoms with Gasteiger partial charge in [-0.15, -0.1) is 0 Å². The number of carbonyl (C=O) groups excluding carboxylic acids is 2. The van der Waals surface area contributed by atoms with Crippen LogP contribution in [0.5, 0.6) is 5.75 Å². The van der Waals surface area contributed by atoms with Crippen molar-refractivity contribution in [3.05, 3.63) is 57.6 Å². The van der Waals surface area contributed by atoms with Crippen molar-refractivity contribution in [2.45, 2.75) is 25.9 Å². The van der Waals surface area contributed by atoms with Gasteiger partial charge in [-0.1, -0.05) is 15.9 Å². The van der Waals surface area contributed by atoms with Gasteiger partial charge >= 0.3 is 5.97 Å². The highest BCUT2D eigenvalue weighted by atomic mass is 79.9. The van der Waals surface area contributed by atoms with Crippen molar-refractivity contribution >= 4 is 39.3 Å².